The van der Waals surface area contributed by atoms with Crippen molar-refractivity contribution in [1.29, 1.82) is 5.26 Å². The molecule has 0 saturated heterocycles. The largest absolute Gasteiger partial charge is 0.383 e. The lowest BCUT2D eigenvalue weighted by atomic mass is 10.2. The van der Waals surface area contributed by atoms with Crippen LogP contribution in [-0.4, -0.2) is 31.2 Å². The fraction of sp³-hybridized carbons (Fsp3) is 0.333. The second kappa shape index (κ2) is 5.04. The van der Waals surface area contributed by atoms with Gasteiger partial charge in [0.25, 0.3) is 5.91 Å². The Labute approximate surface area is 81.7 Å². The Balaban J connectivity index is 2.57. The number of nitriles is 1. The predicted molar refractivity (Wildman–Crippen MR) is 49.7 cm³/mol. The molecule has 1 heterocycles. The van der Waals surface area contributed by atoms with Crippen LogP contribution in [0.25, 0.3) is 0 Å². The first-order valence-electron chi connectivity index (χ1n) is 4.13. The SMILES string of the molecule is COCCNC(=O)c1c[nH]cc1C#N. The molecule has 0 fully saturated rings. The maximum absolute atomic E-state index is 11.4. The van der Waals surface area contributed by atoms with Crippen LogP contribution in [0.3, 0.4) is 0 Å². The summed E-state index contributed by atoms with van der Waals surface area (Å²) in [5.74, 6) is -0.264. The fourth-order valence-corrected chi connectivity index (χ4v) is 1.01. The number of aromatic amines is 1. The maximum Gasteiger partial charge on any atom is 0.254 e. The lowest BCUT2D eigenvalue weighted by Crippen LogP contribution is -2.27. The van der Waals surface area contributed by atoms with Gasteiger partial charge in [0.1, 0.15) is 6.07 Å². The van der Waals surface area contributed by atoms with Crippen molar-refractivity contribution >= 4 is 5.91 Å². The highest BCUT2D eigenvalue weighted by Crippen LogP contribution is 2.05. The molecule has 0 radical (unpaired) electrons. The van der Waals surface area contributed by atoms with E-state index in [1.165, 1.54) is 12.4 Å². The number of ether oxygens (including phenoxy) is 1. The second-order valence-electron chi connectivity index (χ2n) is 2.64. The zero-order chi connectivity index (χ0) is 10.4. The van der Waals surface area contributed by atoms with Gasteiger partial charge in [-0.05, 0) is 0 Å². The molecule has 0 saturated carbocycles. The molecule has 5 heteroatoms. The Bertz CT molecular complexity index is 351. The number of aromatic nitrogens is 1. The normalized spacial score (nSPS) is 9.43. The van der Waals surface area contributed by atoms with Crippen LogP contribution in [0.2, 0.25) is 0 Å². The zero-order valence-electron chi connectivity index (χ0n) is 7.83. The number of carbonyl (C=O) groups excluding carboxylic acids is 1. The van der Waals surface area contributed by atoms with E-state index in [1.807, 2.05) is 6.07 Å². The lowest BCUT2D eigenvalue weighted by molar-refractivity contribution is 0.0937. The van der Waals surface area contributed by atoms with Crippen LogP contribution in [0.15, 0.2) is 12.4 Å². The van der Waals surface area contributed by atoms with Gasteiger partial charge in [0, 0.05) is 26.0 Å². The van der Waals surface area contributed by atoms with Gasteiger partial charge in [-0.25, -0.2) is 0 Å². The van der Waals surface area contributed by atoms with Crippen molar-refractivity contribution in [3.63, 3.8) is 0 Å². The van der Waals surface area contributed by atoms with Crippen LogP contribution in [0.5, 0.6) is 0 Å². The van der Waals surface area contributed by atoms with Gasteiger partial charge in [-0.1, -0.05) is 0 Å². The van der Waals surface area contributed by atoms with E-state index in [-0.39, 0.29) is 5.91 Å². The molecule has 14 heavy (non-hydrogen) atoms. The third-order valence-electron chi connectivity index (χ3n) is 1.70. The van der Waals surface area contributed by atoms with Gasteiger partial charge >= 0.3 is 0 Å². The molecule has 0 spiro atoms. The minimum Gasteiger partial charge on any atom is -0.383 e. The van der Waals surface area contributed by atoms with E-state index in [2.05, 4.69) is 10.3 Å². The van der Waals surface area contributed by atoms with Crippen molar-refractivity contribution in [3.8, 4) is 6.07 Å². The summed E-state index contributed by atoms with van der Waals surface area (Å²) in [6.45, 7) is 0.892. The number of nitrogens with zero attached hydrogens (tertiary/aromatic N) is 1. The lowest BCUT2D eigenvalue weighted by Gasteiger charge is -2.02. The summed E-state index contributed by atoms with van der Waals surface area (Å²) in [4.78, 5) is 14.1. The molecule has 0 unspecified atom stereocenters. The predicted octanol–water partition coefficient (Wildman–Crippen LogP) is 0.263. The highest BCUT2D eigenvalue weighted by molar-refractivity contribution is 5.96. The number of H-pyrrole nitrogens is 1. The van der Waals surface area contributed by atoms with Gasteiger partial charge in [0.15, 0.2) is 0 Å². The van der Waals surface area contributed by atoms with Crippen molar-refractivity contribution in [2.24, 2.45) is 0 Å². The van der Waals surface area contributed by atoms with Crippen LogP contribution >= 0.6 is 0 Å². The summed E-state index contributed by atoms with van der Waals surface area (Å²) in [6, 6.07) is 1.92. The standard InChI is InChI=1S/C9H11N3O2/c1-14-3-2-12-9(13)8-6-11-5-7(8)4-10/h5-6,11H,2-3H2,1H3,(H,12,13). The third kappa shape index (κ3) is 2.34. The van der Waals surface area contributed by atoms with E-state index in [4.69, 9.17) is 10.00 Å². The molecule has 2 N–H and O–H groups in total. The second-order valence-corrected chi connectivity index (χ2v) is 2.64. The number of nitrogens with one attached hydrogen (secondary N) is 2. The van der Waals surface area contributed by atoms with Gasteiger partial charge in [0.2, 0.25) is 0 Å². The van der Waals surface area contributed by atoms with Crippen molar-refractivity contribution in [2.45, 2.75) is 0 Å². The summed E-state index contributed by atoms with van der Waals surface area (Å²) < 4.78 is 4.78. The minimum absolute atomic E-state index is 0.264. The number of carbonyl (C=O) groups is 1. The van der Waals surface area contributed by atoms with Crippen molar-refractivity contribution in [1.82, 2.24) is 10.3 Å². The van der Waals surface area contributed by atoms with E-state index in [1.54, 1.807) is 7.11 Å². The summed E-state index contributed by atoms with van der Waals surface area (Å²) in [7, 11) is 1.56. The van der Waals surface area contributed by atoms with Gasteiger partial charge < -0.3 is 15.0 Å². The summed E-state index contributed by atoms with van der Waals surface area (Å²) in [6.07, 6.45) is 2.99. The third-order valence-corrected chi connectivity index (χ3v) is 1.70. The van der Waals surface area contributed by atoms with Gasteiger partial charge in [-0.15, -0.1) is 0 Å². The zero-order valence-corrected chi connectivity index (χ0v) is 7.83. The highest BCUT2D eigenvalue weighted by atomic mass is 16.5. The van der Waals surface area contributed by atoms with E-state index in [9.17, 15) is 4.79 Å². The molecule has 0 aliphatic rings. The van der Waals surface area contributed by atoms with Gasteiger partial charge in [-0.3, -0.25) is 4.79 Å². The van der Waals surface area contributed by atoms with Crippen LogP contribution in [0, 0.1) is 11.3 Å². The Morgan fingerprint density at radius 3 is 3.14 bits per heavy atom. The Kier molecular flexibility index (Phi) is 3.70. The molecular weight excluding hydrogens is 182 g/mol. The Morgan fingerprint density at radius 1 is 1.71 bits per heavy atom. The molecule has 0 aliphatic carbocycles. The average Bonchev–Trinajstić information content (AvgIpc) is 2.65. The number of amides is 1. The molecule has 1 aromatic heterocycles. The fourth-order valence-electron chi connectivity index (χ4n) is 1.01. The summed E-state index contributed by atoms with van der Waals surface area (Å²) >= 11 is 0. The number of hydrogen-bond acceptors (Lipinski definition) is 3. The first-order valence-corrected chi connectivity index (χ1v) is 4.13. The molecular formula is C9H11N3O2. The van der Waals surface area contributed by atoms with E-state index >= 15 is 0 Å². The van der Waals surface area contributed by atoms with E-state index in [0.717, 1.165) is 0 Å². The molecule has 1 aromatic rings. The quantitative estimate of drug-likeness (QED) is 0.673. The molecule has 1 rings (SSSR count). The van der Waals surface area contributed by atoms with Gasteiger partial charge in [0.05, 0.1) is 17.7 Å². The monoisotopic (exact) mass is 193 g/mol. The molecule has 1 amide bonds. The van der Waals surface area contributed by atoms with Crippen molar-refractivity contribution in [2.75, 3.05) is 20.3 Å². The van der Waals surface area contributed by atoms with E-state index < -0.39 is 0 Å². The van der Waals surface area contributed by atoms with Crippen molar-refractivity contribution in [3.05, 3.63) is 23.5 Å². The summed E-state index contributed by atoms with van der Waals surface area (Å²) in [5, 5.41) is 11.3. The molecule has 5 nitrogen and oxygen atoms in total. The van der Waals surface area contributed by atoms with Crippen LogP contribution in [-0.2, 0) is 4.74 Å². The number of methoxy groups -OCH3 is 1. The molecule has 0 aromatic carbocycles. The molecule has 0 atom stereocenters. The molecule has 0 bridgehead atoms. The van der Waals surface area contributed by atoms with E-state index in [0.29, 0.717) is 24.3 Å². The maximum atomic E-state index is 11.4. The first kappa shape index (κ1) is 10.3. The topological polar surface area (TPSA) is 77.9 Å². The number of hydrogen-bond donors (Lipinski definition) is 2. The molecule has 74 valence electrons. The minimum atomic E-state index is -0.264. The Hall–Kier alpha value is -1.80. The van der Waals surface area contributed by atoms with Crippen LogP contribution in [0.4, 0.5) is 0 Å². The summed E-state index contributed by atoms with van der Waals surface area (Å²) in [5.41, 5.74) is 0.712. The van der Waals surface area contributed by atoms with Crippen LogP contribution in [0.1, 0.15) is 15.9 Å². The molecule has 0 aliphatic heterocycles. The average molecular weight is 193 g/mol. The van der Waals surface area contributed by atoms with Crippen LogP contribution < -0.4 is 5.32 Å². The Morgan fingerprint density at radius 2 is 2.50 bits per heavy atom. The number of rotatable bonds is 4. The first-order chi connectivity index (χ1) is 6.79. The smallest absolute Gasteiger partial charge is 0.254 e. The van der Waals surface area contributed by atoms with Crippen molar-refractivity contribution < 1.29 is 9.53 Å². The highest BCUT2D eigenvalue weighted by Gasteiger charge is 2.10. The van der Waals surface area contributed by atoms with Gasteiger partial charge in [-0.2, -0.15) is 5.26 Å².